The number of likely N-dealkylation sites (tertiary alicyclic amines) is 1. The summed E-state index contributed by atoms with van der Waals surface area (Å²) >= 11 is 0. The SMILES string of the molecule is CCCCn1c(CN2CCC[C@H](C(=O)c3nccn3C)C2)cnc1S(=O)(=O)CC. The lowest BCUT2D eigenvalue weighted by Gasteiger charge is -2.32. The number of unbranched alkanes of at least 4 members (excludes halogenated alkanes) is 1. The first-order valence-electron chi connectivity index (χ1n) is 10.4. The fourth-order valence-electron chi connectivity index (χ4n) is 3.88. The highest BCUT2D eigenvalue weighted by Crippen LogP contribution is 2.23. The molecule has 1 saturated heterocycles. The molecule has 0 aliphatic carbocycles. The zero-order valence-corrected chi connectivity index (χ0v) is 18.4. The maximum Gasteiger partial charge on any atom is 0.227 e. The molecule has 0 spiro atoms. The van der Waals surface area contributed by atoms with Gasteiger partial charge in [0.15, 0.2) is 5.82 Å². The lowest BCUT2D eigenvalue weighted by molar-refractivity contribution is 0.0794. The molecule has 0 saturated carbocycles. The highest BCUT2D eigenvalue weighted by molar-refractivity contribution is 7.91. The minimum atomic E-state index is -3.37. The lowest BCUT2D eigenvalue weighted by atomic mass is 9.93. The van der Waals surface area contributed by atoms with Crippen LogP contribution in [0.2, 0.25) is 0 Å². The number of nitrogens with zero attached hydrogens (tertiary/aromatic N) is 5. The van der Waals surface area contributed by atoms with Crippen molar-refractivity contribution >= 4 is 15.6 Å². The molecule has 9 heteroatoms. The van der Waals surface area contributed by atoms with Crippen LogP contribution in [0.4, 0.5) is 0 Å². The summed E-state index contributed by atoms with van der Waals surface area (Å²) in [6, 6.07) is 0. The molecule has 0 aromatic carbocycles. The number of imidazole rings is 2. The van der Waals surface area contributed by atoms with Crippen LogP contribution in [0.3, 0.4) is 0 Å². The van der Waals surface area contributed by atoms with Crippen LogP contribution in [0.1, 0.15) is 55.8 Å². The fourth-order valence-corrected chi connectivity index (χ4v) is 4.89. The first-order valence-corrected chi connectivity index (χ1v) is 12.0. The van der Waals surface area contributed by atoms with Gasteiger partial charge in [-0.05, 0) is 25.8 Å². The number of aromatic nitrogens is 4. The van der Waals surface area contributed by atoms with Gasteiger partial charge in [0.1, 0.15) is 0 Å². The summed E-state index contributed by atoms with van der Waals surface area (Å²) in [5.74, 6) is 0.535. The van der Waals surface area contributed by atoms with Crippen LogP contribution in [-0.4, -0.2) is 57.0 Å². The number of piperidine rings is 1. The van der Waals surface area contributed by atoms with E-state index >= 15 is 0 Å². The first-order chi connectivity index (χ1) is 13.9. The maximum atomic E-state index is 12.9. The van der Waals surface area contributed by atoms with Crippen molar-refractivity contribution in [3.63, 3.8) is 0 Å². The predicted molar refractivity (Wildman–Crippen MR) is 110 cm³/mol. The number of hydrogen-bond donors (Lipinski definition) is 0. The minimum absolute atomic E-state index is 0.0412. The van der Waals surface area contributed by atoms with E-state index < -0.39 is 9.84 Å². The molecule has 0 amide bonds. The average molecular weight is 422 g/mol. The summed E-state index contributed by atoms with van der Waals surface area (Å²) in [6.07, 6.45) is 8.79. The number of rotatable bonds is 9. The molecule has 8 nitrogen and oxygen atoms in total. The highest BCUT2D eigenvalue weighted by Gasteiger charge is 2.30. The van der Waals surface area contributed by atoms with Gasteiger partial charge in [-0.25, -0.2) is 18.4 Å². The predicted octanol–water partition coefficient (Wildman–Crippen LogP) is 2.31. The number of Topliss-reactive ketones (excluding diaryl/α,β-unsaturated/α-hetero) is 1. The molecule has 160 valence electrons. The minimum Gasteiger partial charge on any atom is -0.332 e. The van der Waals surface area contributed by atoms with Gasteiger partial charge < -0.3 is 9.13 Å². The molecule has 29 heavy (non-hydrogen) atoms. The number of aryl methyl sites for hydroxylation is 1. The maximum absolute atomic E-state index is 12.9. The number of sulfone groups is 1. The standard InChI is InChI=1S/C20H31N5O3S/c1-4-6-11-25-17(13-22-20(25)29(27,28)5-2)15-24-10-7-8-16(14-24)18(26)19-21-9-12-23(19)3/h9,12-13,16H,4-8,10-11,14-15H2,1-3H3/t16-/m0/s1. The third-order valence-corrected chi connectivity index (χ3v) is 7.24. The van der Waals surface area contributed by atoms with Crippen LogP contribution in [0.25, 0.3) is 0 Å². The van der Waals surface area contributed by atoms with Crippen LogP contribution in [0.5, 0.6) is 0 Å². The summed E-state index contributed by atoms with van der Waals surface area (Å²) in [4.78, 5) is 23.5. The monoisotopic (exact) mass is 421 g/mol. The zero-order valence-electron chi connectivity index (χ0n) is 17.5. The molecular weight excluding hydrogens is 390 g/mol. The van der Waals surface area contributed by atoms with Crippen LogP contribution in [0, 0.1) is 5.92 Å². The Morgan fingerprint density at radius 2 is 2.07 bits per heavy atom. The Bertz CT molecular complexity index is 947. The van der Waals surface area contributed by atoms with Gasteiger partial charge in [-0.3, -0.25) is 9.69 Å². The van der Waals surface area contributed by atoms with E-state index in [1.807, 2.05) is 11.6 Å². The van der Waals surface area contributed by atoms with Crippen LogP contribution in [-0.2, 0) is 30.0 Å². The molecule has 0 bridgehead atoms. The molecule has 0 N–H and O–H groups in total. The molecule has 1 aliphatic heterocycles. The van der Waals surface area contributed by atoms with E-state index in [0.717, 1.165) is 37.9 Å². The van der Waals surface area contributed by atoms with Crippen molar-refractivity contribution in [2.75, 3.05) is 18.8 Å². The molecule has 3 heterocycles. The van der Waals surface area contributed by atoms with Crippen LogP contribution < -0.4 is 0 Å². The third-order valence-electron chi connectivity index (χ3n) is 5.60. The Morgan fingerprint density at radius 3 is 2.72 bits per heavy atom. The van der Waals surface area contributed by atoms with E-state index in [1.165, 1.54) is 0 Å². The van der Waals surface area contributed by atoms with Gasteiger partial charge in [0.25, 0.3) is 0 Å². The smallest absolute Gasteiger partial charge is 0.227 e. The van der Waals surface area contributed by atoms with Crippen LogP contribution >= 0.6 is 0 Å². The summed E-state index contributed by atoms with van der Waals surface area (Å²) in [5.41, 5.74) is 0.899. The number of ketones is 1. The van der Waals surface area contributed by atoms with Crippen molar-refractivity contribution < 1.29 is 13.2 Å². The summed E-state index contributed by atoms with van der Waals surface area (Å²) in [7, 11) is -1.53. The topological polar surface area (TPSA) is 90.1 Å². The zero-order chi connectivity index (χ0) is 21.0. The highest BCUT2D eigenvalue weighted by atomic mass is 32.2. The van der Waals surface area contributed by atoms with Gasteiger partial charge >= 0.3 is 0 Å². The van der Waals surface area contributed by atoms with Gasteiger partial charge in [-0.2, -0.15) is 0 Å². The van der Waals surface area contributed by atoms with E-state index in [9.17, 15) is 13.2 Å². The van der Waals surface area contributed by atoms with Gasteiger partial charge in [-0.1, -0.05) is 20.3 Å². The third kappa shape index (κ3) is 4.78. The second-order valence-corrected chi connectivity index (χ2v) is 9.91. The van der Waals surface area contributed by atoms with E-state index in [4.69, 9.17) is 0 Å². The summed E-state index contributed by atoms with van der Waals surface area (Å²) in [5, 5.41) is 0.168. The van der Waals surface area contributed by atoms with E-state index in [0.29, 0.717) is 25.5 Å². The lowest BCUT2D eigenvalue weighted by Crippen LogP contribution is -2.39. The van der Waals surface area contributed by atoms with Crippen LogP contribution in [0.15, 0.2) is 23.7 Å². The Hall–Kier alpha value is -2.00. The van der Waals surface area contributed by atoms with E-state index in [2.05, 4.69) is 21.8 Å². The Balaban J connectivity index is 1.77. The molecule has 1 fully saturated rings. The van der Waals surface area contributed by atoms with Gasteiger partial charge in [0, 0.05) is 45.0 Å². The Labute approximate surface area is 172 Å². The van der Waals surface area contributed by atoms with Crippen molar-refractivity contribution in [3.05, 3.63) is 30.1 Å². The number of carbonyl (C=O) groups excluding carboxylic acids is 1. The average Bonchev–Trinajstić information content (AvgIpc) is 3.32. The van der Waals surface area contributed by atoms with Crippen molar-refractivity contribution in [1.82, 2.24) is 24.0 Å². The summed E-state index contributed by atoms with van der Waals surface area (Å²) in [6.45, 7) is 6.51. The van der Waals surface area contributed by atoms with Crippen molar-refractivity contribution in [2.45, 2.75) is 57.8 Å². The molecule has 2 aromatic rings. The van der Waals surface area contributed by atoms with Crippen molar-refractivity contribution in [1.29, 1.82) is 0 Å². The molecule has 0 radical (unpaired) electrons. The number of carbonyl (C=O) groups is 1. The molecule has 1 aliphatic rings. The number of hydrogen-bond acceptors (Lipinski definition) is 6. The largest absolute Gasteiger partial charge is 0.332 e. The molecule has 3 rings (SSSR count). The Morgan fingerprint density at radius 1 is 1.28 bits per heavy atom. The fraction of sp³-hybridized carbons (Fsp3) is 0.650. The molecule has 1 atom stereocenters. The molecule has 2 aromatic heterocycles. The van der Waals surface area contributed by atoms with Gasteiger partial charge in [0.2, 0.25) is 20.8 Å². The Kier molecular flexibility index (Phi) is 6.89. The van der Waals surface area contributed by atoms with Crippen molar-refractivity contribution in [2.24, 2.45) is 13.0 Å². The van der Waals surface area contributed by atoms with Crippen molar-refractivity contribution in [3.8, 4) is 0 Å². The normalized spacial score (nSPS) is 18.2. The van der Waals surface area contributed by atoms with Gasteiger partial charge in [0.05, 0.1) is 17.6 Å². The summed E-state index contributed by atoms with van der Waals surface area (Å²) < 4.78 is 28.5. The van der Waals surface area contributed by atoms with E-state index in [1.54, 1.807) is 30.1 Å². The molecular formula is C20H31N5O3S. The quantitative estimate of drug-likeness (QED) is 0.577. The first kappa shape index (κ1) is 21.7. The van der Waals surface area contributed by atoms with E-state index in [-0.39, 0.29) is 22.6 Å². The second-order valence-electron chi connectivity index (χ2n) is 7.74. The van der Waals surface area contributed by atoms with Gasteiger partial charge in [-0.15, -0.1) is 0 Å². The molecule has 0 unspecified atom stereocenters. The second kappa shape index (κ2) is 9.21.